The van der Waals surface area contributed by atoms with Crippen molar-refractivity contribution in [2.75, 3.05) is 12.3 Å². The van der Waals surface area contributed by atoms with Crippen LogP contribution in [0.5, 0.6) is 0 Å². The Balaban J connectivity index is 1.49. The summed E-state index contributed by atoms with van der Waals surface area (Å²) in [5.41, 5.74) is 0. The number of imide groups is 1. The molecule has 0 aromatic carbocycles. The zero-order chi connectivity index (χ0) is 24.3. The number of aromatic nitrogens is 1. The Morgan fingerprint density at radius 3 is 2.64 bits per heavy atom. The van der Waals surface area contributed by atoms with Gasteiger partial charge < -0.3 is 10.2 Å². The lowest BCUT2D eigenvalue weighted by molar-refractivity contribution is -0.197. The molecule has 14 heteroatoms. The van der Waals surface area contributed by atoms with Crippen LogP contribution in [0.1, 0.15) is 44.9 Å². The van der Waals surface area contributed by atoms with E-state index in [1.54, 1.807) is 27.8 Å². The fourth-order valence-electron chi connectivity index (χ4n) is 2.74. The van der Waals surface area contributed by atoms with E-state index in [1.165, 1.54) is 0 Å². The first-order chi connectivity index (χ1) is 15.7. The number of carbonyl (C=O) groups excluding carboxylic acids is 4. The third kappa shape index (κ3) is 9.70. The molecule has 0 spiro atoms. The van der Waals surface area contributed by atoms with Gasteiger partial charge in [-0.2, -0.15) is 8.42 Å². The Hall–Kier alpha value is -2.16. The lowest BCUT2D eigenvalue weighted by Crippen LogP contribution is -2.36. The maximum Gasteiger partial charge on any atom is 0.333 e. The molecule has 1 aliphatic heterocycles. The lowest BCUT2D eigenvalue weighted by atomic mass is 10.2. The number of nitrogens with zero attached hydrogens (tertiary/aromatic N) is 2. The molecule has 1 saturated heterocycles. The highest BCUT2D eigenvalue weighted by atomic mass is 33.1. The summed E-state index contributed by atoms with van der Waals surface area (Å²) in [5, 5.41) is 1.88. The average Bonchev–Trinajstić information content (AvgIpc) is 3.05. The Morgan fingerprint density at radius 2 is 1.97 bits per heavy atom. The molecule has 1 fully saturated rings. The third-order valence-electron chi connectivity index (χ3n) is 4.41. The van der Waals surface area contributed by atoms with Gasteiger partial charge in [0.2, 0.25) is 5.91 Å². The molecule has 2 heterocycles. The highest BCUT2D eigenvalue weighted by molar-refractivity contribution is 8.76. The summed E-state index contributed by atoms with van der Waals surface area (Å²) < 4.78 is 31.1. The third-order valence-corrected chi connectivity index (χ3v) is 7.85. The minimum Gasteiger partial charge on any atom is -0.356 e. The van der Waals surface area contributed by atoms with Crippen molar-refractivity contribution in [1.82, 2.24) is 15.4 Å². The number of hydrogen-bond acceptors (Lipinski definition) is 10. The fourth-order valence-corrected chi connectivity index (χ4v) is 5.41. The summed E-state index contributed by atoms with van der Waals surface area (Å²) in [6.07, 6.45) is 3.67. The molecule has 0 saturated carbocycles. The van der Waals surface area contributed by atoms with Crippen LogP contribution in [0.15, 0.2) is 29.4 Å². The minimum atomic E-state index is -4.75. The Bertz CT molecular complexity index is 943. The van der Waals surface area contributed by atoms with Crippen LogP contribution >= 0.6 is 21.6 Å². The van der Waals surface area contributed by atoms with Crippen LogP contribution in [0.2, 0.25) is 0 Å². The van der Waals surface area contributed by atoms with Crippen LogP contribution in [0, 0.1) is 0 Å². The lowest BCUT2D eigenvalue weighted by Gasteiger charge is -2.13. The predicted octanol–water partition coefficient (Wildman–Crippen LogP) is 1.75. The van der Waals surface area contributed by atoms with Crippen molar-refractivity contribution < 1.29 is 37.0 Å². The molecule has 3 amide bonds. The number of unbranched alkanes of at least 4 members (excludes halogenated alkanes) is 2. The molecular weight excluding hydrogens is 494 g/mol. The van der Waals surface area contributed by atoms with Crippen LogP contribution in [0.25, 0.3) is 0 Å². The van der Waals surface area contributed by atoms with Gasteiger partial charge >= 0.3 is 5.97 Å². The summed E-state index contributed by atoms with van der Waals surface area (Å²) in [7, 11) is -1.54. The van der Waals surface area contributed by atoms with Gasteiger partial charge in [0.25, 0.3) is 21.9 Å². The van der Waals surface area contributed by atoms with E-state index in [0.717, 1.165) is 17.2 Å². The number of amides is 3. The summed E-state index contributed by atoms with van der Waals surface area (Å²) in [4.78, 5) is 55.9. The summed E-state index contributed by atoms with van der Waals surface area (Å²) >= 11 is 0. The van der Waals surface area contributed by atoms with Crippen molar-refractivity contribution in [3.63, 3.8) is 0 Å². The van der Waals surface area contributed by atoms with E-state index < -0.39 is 39.6 Å². The first-order valence-corrected chi connectivity index (χ1v) is 14.0. The first kappa shape index (κ1) is 27.1. The predicted molar refractivity (Wildman–Crippen MR) is 121 cm³/mol. The van der Waals surface area contributed by atoms with E-state index in [-0.39, 0.29) is 17.4 Å². The van der Waals surface area contributed by atoms with Gasteiger partial charge in [-0.25, -0.2) is 9.78 Å². The zero-order valence-corrected chi connectivity index (χ0v) is 20.1. The average molecular weight is 520 g/mol. The number of pyridine rings is 1. The van der Waals surface area contributed by atoms with Crippen LogP contribution in [0.3, 0.4) is 0 Å². The Kier molecular flexibility index (Phi) is 11.1. The van der Waals surface area contributed by atoms with Crippen molar-refractivity contribution >= 4 is 55.4 Å². The molecule has 2 rings (SSSR count). The van der Waals surface area contributed by atoms with Crippen molar-refractivity contribution in [2.45, 2.75) is 55.2 Å². The van der Waals surface area contributed by atoms with Crippen LogP contribution in [0.4, 0.5) is 0 Å². The highest BCUT2D eigenvalue weighted by Crippen LogP contribution is 2.29. The van der Waals surface area contributed by atoms with E-state index in [0.29, 0.717) is 32.2 Å². The van der Waals surface area contributed by atoms with Crippen molar-refractivity contribution in [3.05, 3.63) is 24.4 Å². The van der Waals surface area contributed by atoms with Crippen LogP contribution < -0.4 is 5.32 Å². The quantitative estimate of drug-likeness (QED) is 0.159. The molecular formula is C19H25N3O8S3. The van der Waals surface area contributed by atoms with Gasteiger partial charge in [0.05, 0.1) is 6.42 Å². The number of hydrogen-bond donors (Lipinski definition) is 2. The number of hydroxylamine groups is 2. The van der Waals surface area contributed by atoms with Crippen molar-refractivity contribution in [1.29, 1.82) is 0 Å². The minimum absolute atomic E-state index is 0.0442. The smallest absolute Gasteiger partial charge is 0.333 e. The maximum absolute atomic E-state index is 11.8. The second-order valence-electron chi connectivity index (χ2n) is 7.03. The molecule has 0 aliphatic carbocycles. The molecule has 1 aromatic rings. The fraction of sp³-hybridized carbons (Fsp3) is 0.526. The summed E-state index contributed by atoms with van der Waals surface area (Å²) in [6.45, 7) is 0.461. The number of rotatable bonds is 14. The highest BCUT2D eigenvalue weighted by Gasteiger charge is 2.48. The van der Waals surface area contributed by atoms with E-state index >= 15 is 0 Å². The zero-order valence-electron chi connectivity index (χ0n) is 17.7. The molecule has 11 nitrogen and oxygen atoms in total. The topological polar surface area (TPSA) is 160 Å². The molecule has 2 N–H and O–H groups in total. The van der Waals surface area contributed by atoms with Gasteiger partial charge in [-0.15, -0.1) is 5.06 Å². The van der Waals surface area contributed by atoms with Gasteiger partial charge in [0.15, 0.2) is 5.25 Å². The monoisotopic (exact) mass is 519 g/mol. The number of nitrogens with one attached hydrogen (secondary N) is 1. The molecule has 1 unspecified atom stereocenters. The molecule has 0 radical (unpaired) electrons. The molecule has 1 atom stereocenters. The second-order valence-corrected chi connectivity index (χ2v) is 11.1. The van der Waals surface area contributed by atoms with Crippen molar-refractivity contribution in [3.8, 4) is 0 Å². The largest absolute Gasteiger partial charge is 0.356 e. The summed E-state index contributed by atoms with van der Waals surface area (Å²) in [5.74, 6) is -2.38. The summed E-state index contributed by atoms with van der Waals surface area (Å²) in [6, 6.07) is 5.70. The second kappa shape index (κ2) is 13.5. The number of carbonyl (C=O) groups is 4. The van der Waals surface area contributed by atoms with Crippen LogP contribution in [-0.2, 0) is 34.1 Å². The molecule has 182 valence electrons. The molecule has 1 aromatic heterocycles. The SMILES string of the molecule is O=C(CCCSSc1ccccn1)NCCCCCC(=O)ON1C(=O)CC(S(=O)(=O)O)C1=O. The molecule has 1 aliphatic rings. The van der Waals surface area contributed by atoms with Gasteiger partial charge in [0.1, 0.15) is 5.03 Å². The van der Waals surface area contributed by atoms with Gasteiger partial charge in [-0.05, 0) is 42.2 Å². The standard InChI is InChI=1S/C19H25N3O8S3/c23-15(7-6-12-31-32-16-8-3-5-11-21-16)20-10-4-1-2-9-18(25)30-22-17(24)13-14(19(22)26)33(27,28)29/h3,5,8,11,14H,1-2,4,6-7,9-10,12-13H2,(H,20,23)(H,27,28,29). The Labute approximate surface area is 199 Å². The van der Waals surface area contributed by atoms with Gasteiger partial charge in [-0.3, -0.25) is 18.9 Å². The van der Waals surface area contributed by atoms with Gasteiger partial charge in [0, 0.05) is 31.3 Å². The molecule has 0 bridgehead atoms. The van der Waals surface area contributed by atoms with E-state index in [4.69, 9.17) is 4.55 Å². The molecule has 33 heavy (non-hydrogen) atoms. The van der Waals surface area contributed by atoms with Gasteiger partial charge in [-0.1, -0.05) is 23.3 Å². The Morgan fingerprint density at radius 1 is 1.18 bits per heavy atom. The van der Waals surface area contributed by atoms with Crippen molar-refractivity contribution in [2.24, 2.45) is 0 Å². The van der Waals surface area contributed by atoms with E-state index in [1.807, 2.05) is 18.2 Å². The van der Waals surface area contributed by atoms with Crippen LogP contribution in [-0.4, -0.2) is 64.3 Å². The normalized spacial score (nSPS) is 16.2. The first-order valence-electron chi connectivity index (χ1n) is 10.2. The van der Waals surface area contributed by atoms with E-state index in [2.05, 4.69) is 15.1 Å². The maximum atomic E-state index is 11.8. The van der Waals surface area contributed by atoms with E-state index in [9.17, 15) is 27.6 Å².